The maximum absolute atomic E-state index is 8.85. The Morgan fingerprint density at radius 2 is 1.90 bits per heavy atom. The van der Waals surface area contributed by atoms with E-state index in [1.165, 1.54) is 0 Å². The molecule has 2 aromatic rings. The van der Waals surface area contributed by atoms with Crippen LogP contribution in [0, 0.1) is 13.8 Å². The van der Waals surface area contributed by atoms with Gasteiger partial charge in [0.15, 0.2) is 5.84 Å². The molecule has 0 fully saturated rings. The van der Waals surface area contributed by atoms with Crippen LogP contribution in [0.15, 0.2) is 46.0 Å². The molecular weight excluding hydrogens is 320 g/mol. The van der Waals surface area contributed by atoms with E-state index in [9.17, 15) is 0 Å². The zero-order valence-corrected chi connectivity index (χ0v) is 12.8. The van der Waals surface area contributed by atoms with Crippen molar-refractivity contribution in [2.45, 2.75) is 13.8 Å². The molecule has 0 aliphatic rings. The molecule has 104 valence electrons. The van der Waals surface area contributed by atoms with E-state index in [0.29, 0.717) is 11.3 Å². The molecule has 0 saturated carbocycles. The highest BCUT2D eigenvalue weighted by molar-refractivity contribution is 9.10. The van der Waals surface area contributed by atoms with Gasteiger partial charge in [-0.05, 0) is 49.2 Å². The first-order chi connectivity index (χ1) is 9.51. The fourth-order valence-electron chi connectivity index (χ4n) is 1.78. The normalized spacial score (nSPS) is 11.4. The Morgan fingerprint density at radius 1 is 1.15 bits per heavy atom. The third-order valence-electron chi connectivity index (χ3n) is 2.89. The summed E-state index contributed by atoms with van der Waals surface area (Å²) in [5.74, 6) is 1.30. The summed E-state index contributed by atoms with van der Waals surface area (Å²) >= 11 is 3.42. The van der Waals surface area contributed by atoms with Crippen LogP contribution in [0.1, 0.15) is 16.7 Å². The number of nitrogens with zero attached hydrogens (tertiary/aromatic N) is 1. The molecule has 2 rings (SSSR count). The Morgan fingerprint density at radius 3 is 2.60 bits per heavy atom. The average Bonchev–Trinajstić information content (AvgIpc) is 2.42. The number of nitrogens with two attached hydrogens (primary N) is 1. The maximum atomic E-state index is 8.85. The molecule has 4 nitrogen and oxygen atoms in total. The van der Waals surface area contributed by atoms with E-state index >= 15 is 0 Å². The highest BCUT2D eigenvalue weighted by Crippen LogP contribution is 2.30. The van der Waals surface area contributed by atoms with Gasteiger partial charge in [0, 0.05) is 4.47 Å². The summed E-state index contributed by atoms with van der Waals surface area (Å²) in [7, 11) is 0. The van der Waals surface area contributed by atoms with Gasteiger partial charge in [-0.2, -0.15) is 0 Å². The number of hydrogen-bond acceptors (Lipinski definition) is 3. The van der Waals surface area contributed by atoms with Gasteiger partial charge < -0.3 is 15.7 Å². The Labute approximate surface area is 126 Å². The first-order valence-electron chi connectivity index (χ1n) is 6.04. The Balaban J connectivity index is 2.47. The molecule has 3 N–H and O–H groups in total. The number of hydrogen-bond donors (Lipinski definition) is 2. The lowest BCUT2D eigenvalue weighted by molar-refractivity contribution is 0.318. The summed E-state index contributed by atoms with van der Waals surface area (Å²) in [4.78, 5) is 0. The zero-order valence-electron chi connectivity index (χ0n) is 11.2. The minimum atomic E-state index is 0.0210. The van der Waals surface area contributed by atoms with Crippen LogP contribution < -0.4 is 10.5 Å². The van der Waals surface area contributed by atoms with E-state index in [-0.39, 0.29) is 5.84 Å². The van der Waals surface area contributed by atoms with Gasteiger partial charge in [-0.1, -0.05) is 33.2 Å². The molecule has 0 aliphatic heterocycles. The fourth-order valence-corrected chi connectivity index (χ4v) is 2.12. The SMILES string of the molecule is Cc1ccc(/C(N)=N/O)c(Oc2cc(Br)ccc2C)c1. The third-order valence-corrected chi connectivity index (χ3v) is 3.38. The van der Waals surface area contributed by atoms with Gasteiger partial charge in [0.05, 0.1) is 5.56 Å². The number of oxime groups is 1. The molecule has 20 heavy (non-hydrogen) atoms. The molecule has 0 atom stereocenters. The first kappa shape index (κ1) is 14.4. The van der Waals surface area contributed by atoms with Gasteiger partial charge in [0.25, 0.3) is 0 Å². The number of amidine groups is 1. The molecule has 0 aliphatic carbocycles. The van der Waals surface area contributed by atoms with Crippen molar-refractivity contribution < 1.29 is 9.94 Å². The van der Waals surface area contributed by atoms with E-state index < -0.39 is 0 Å². The molecule has 0 radical (unpaired) electrons. The molecule has 0 bridgehead atoms. The smallest absolute Gasteiger partial charge is 0.173 e. The van der Waals surface area contributed by atoms with Crippen molar-refractivity contribution in [2.24, 2.45) is 10.9 Å². The second-order valence-electron chi connectivity index (χ2n) is 4.50. The topological polar surface area (TPSA) is 67.8 Å². The Kier molecular flexibility index (Phi) is 4.29. The Hall–Kier alpha value is -2.01. The van der Waals surface area contributed by atoms with Gasteiger partial charge in [-0.15, -0.1) is 0 Å². The van der Waals surface area contributed by atoms with Crippen LogP contribution in [0.5, 0.6) is 11.5 Å². The van der Waals surface area contributed by atoms with E-state index in [1.807, 2.05) is 44.2 Å². The number of benzene rings is 2. The van der Waals surface area contributed by atoms with E-state index in [1.54, 1.807) is 6.07 Å². The summed E-state index contributed by atoms with van der Waals surface area (Å²) in [6.07, 6.45) is 0. The van der Waals surface area contributed by atoms with E-state index in [2.05, 4.69) is 21.1 Å². The quantitative estimate of drug-likeness (QED) is 0.386. The van der Waals surface area contributed by atoms with Gasteiger partial charge in [-0.25, -0.2) is 0 Å². The summed E-state index contributed by atoms with van der Waals surface area (Å²) in [6.45, 7) is 3.91. The number of rotatable bonds is 3. The van der Waals surface area contributed by atoms with E-state index in [4.69, 9.17) is 15.7 Å². The monoisotopic (exact) mass is 334 g/mol. The number of ether oxygens (including phenoxy) is 1. The van der Waals surface area contributed by atoms with Crippen molar-refractivity contribution in [3.05, 3.63) is 57.6 Å². The summed E-state index contributed by atoms with van der Waals surface area (Å²) < 4.78 is 6.85. The lowest BCUT2D eigenvalue weighted by Gasteiger charge is -2.13. The van der Waals surface area contributed by atoms with Crippen molar-refractivity contribution in [1.82, 2.24) is 0 Å². The number of halogens is 1. The predicted molar refractivity (Wildman–Crippen MR) is 82.6 cm³/mol. The second kappa shape index (κ2) is 5.96. The Bertz CT molecular complexity index is 669. The molecule has 5 heteroatoms. The van der Waals surface area contributed by atoms with Crippen molar-refractivity contribution in [3.8, 4) is 11.5 Å². The number of aryl methyl sites for hydroxylation is 2. The standard InChI is InChI=1S/C15H15BrN2O2/c1-9-3-6-12(15(17)18-19)14(7-9)20-13-8-11(16)5-4-10(13)2/h3-8,19H,1-2H3,(H2,17,18). The average molecular weight is 335 g/mol. The van der Waals surface area contributed by atoms with Crippen LogP contribution in [0.25, 0.3) is 0 Å². The fraction of sp³-hybridized carbons (Fsp3) is 0.133. The van der Waals surface area contributed by atoms with Crippen molar-refractivity contribution >= 4 is 21.8 Å². The van der Waals surface area contributed by atoms with Gasteiger partial charge in [0.2, 0.25) is 0 Å². The summed E-state index contributed by atoms with van der Waals surface area (Å²) in [5.41, 5.74) is 8.26. The maximum Gasteiger partial charge on any atom is 0.173 e. The minimum absolute atomic E-state index is 0.0210. The van der Waals surface area contributed by atoms with Crippen LogP contribution in [-0.2, 0) is 0 Å². The molecular formula is C15H15BrN2O2. The van der Waals surface area contributed by atoms with E-state index in [0.717, 1.165) is 21.3 Å². The first-order valence-corrected chi connectivity index (χ1v) is 6.83. The van der Waals surface area contributed by atoms with Crippen LogP contribution in [0.3, 0.4) is 0 Å². The molecule has 2 aromatic carbocycles. The zero-order chi connectivity index (χ0) is 14.7. The molecule has 0 amide bonds. The molecule has 0 unspecified atom stereocenters. The van der Waals surface area contributed by atoms with Gasteiger partial charge in [-0.3, -0.25) is 0 Å². The van der Waals surface area contributed by atoms with Crippen LogP contribution >= 0.6 is 15.9 Å². The lowest BCUT2D eigenvalue weighted by atomic mass is 10.1. The second-order valence-corrected chi connectivity index (χ2v) is 5.41. The summed E-state index contributed by atoms with van der Waals surface area (Å²) in [6, 6.07) is 11.3. The van der Waals surface area contributed by atoms with Gasteiger partial charge >= 0.3 is 0 Å². The van der Waals surface area contributed by atoms with Crippen molar-refractivity contribution in [1.29, 1.82) is 0 Å². The lowest BCUT2D eigenvalue weighted by Crippen LogP contribution is -2.14. The van der Waals surface area contributed by atoms with Crippen molar-refractivity contribution in [2.75, 3.05) is 0 Å². The van der Waals surface area contributed by atoms with Crippen molar-refractivity contribution in [3.63, 3.8) is 0 Å². The van der Waals surface area contributed by atoms with Crippen LogP contribution in [-0.4, -0.2) is 11.0 Å². The summed E-state index contributed by atoms with van der Waals surface area (Å²) in [5, 5.41) is 11.9. The molecule has 0 spiro atoms. The predicted octanol–water partition coefficient (Wildman–Crippen LogP) is 3.95. The van der Waals surface area contributed by atoms with Crippen LogP contribution in [0.2, 0.25) is 0 Å². The van der Waals surface area contributed by atoms with Crippen LogP contribution in [0.4, 0.5) is 0 Å². The molecule has 0 heterocycles. The highest BCUT2D eigenvalue weighted by atomic mass is 79.9. The highest BCUT2D eigenvalue weighted by Gasteiger charge is 2.11. The third kappa shape index (κ3) is 3.11. The largest absolute Gasteiger partial charge is 0.456 e. The molecule has 0 aromatic heterocycles. The van der Waals surface area contributed by atoms with Gasteiger partial charge in [0.1, 0.15) is 11.5 Å². The minimum Gasteiger partial charge on any atom is -0.456 e. The molecule has 0 saturated heterocycles.